The maximum Gasteiger partial charge on any atom is 0.276 e. The first-order chi connectivity index (χ1) is 14.3. The third kappa shape index (κ3) is 6.67. The lowest BCUT2D eigenvalue weighted by Crippen LogP contribution is -2.46. The molecule has 8 nitrogen and oxygen atoms in total. The highest BCUT2D eigenvalue weighted by molar-refractivity contribution is 9.10. The second-order valence-corrected chi connectivity index (χ2v) is 7.24. The van der Waals surface area contributed by atoms with Crippen LogP contribution in [0.5, 0.6) is 11.5 Å². The summed E-state index contributed by atoms with van der Waals surface area (Å²) in [5.41, 5.74) is 8.02. The highest BCUT2D eigenvalue weighted by atomic mass is 79.9. The molecule has 158 valence electrons. The van der Waals surface area contributed by atoms with Crippen molar-refractivity contribution in [1.82, 2.24) is 10.9 Å². The maximum absolute atomic E-state index is 12.0. The third-order valence-electron chi connectivity index (χ3n) is 3.95. The first-order valence-corrected chi connectivity index (χ1v) is 10.0. The van der Waals surface area contributed by atoms with E-state index in [4.69, 9.17) is 14.7 Å². The van der Waals surface area contributed by atoms with Gasteiger partial charge in [-0.05, 0) is 54.4 Å². The zero-order chi connectivity index (χ0) is 22.1. The predicted molar refractivity (Wildman–Crippen MR) is 116 cm³/mol. The molecule has 2 aromatic carbocycles. The number of rotatable bonds is 8. The van der Waals surface area contributed by atoms with Crippen LogP contribution < -0.4 is 25.6 Å². The first kappa shape index (κ1) is 23.0. The van der Waals surface area contributed by atoms with Gasteiger partial charge in [-0.1, -0.05) is 17.7 Å². The van der Waals surface area contributed by atoms with E-state index >= 15 is 0 Å². The summed E-state index contributed by atoms with van der Waals surface area (Å²) in [4.78, 5) is 24.0. The number of hydrazine groups is 1. The van der Waals surface area contributed by atoms with Gasteiger partial charge < -0.3 is 14.8 Å². The molecule has 9 heteroatoms. The largest absolute Gasteiger partial charge is 0.490 e. The van der Waals surface area contributed by atoms with Crippen LogP contribution in [-0.4, -0.2) is 31.6 Å². The molecule has 0 unspecified atom stereocenters. The Balaban J connectivity index is 1.83. The number of amides is 2. The van der Waals surface area contributed by atoms with Gasteiger partial charge in [-0.25, -0.2) is 0 Å². The average Bonchev–Trinajstić information content (AvgIpc) is 2.71. The number of hydrogen-bond acceptors (Lipinski definition) is 6. The van der Waals surface area contributed by atoms with Gasteiger partial charge in [0.05, 0.1) is 29.3 Å². The molecule has 0 saturated carbocycles. The van der Waals surface area contributed by atoms with Crippen LogP contribution in [0.1, 0.15) is 23.6 Å². The van der Waals surface area contributed by atoms with E-state index in [2.05, 4.69) is 32.1 Å². The third-order valence-corrected chi connectivity index (χ3v) is 4.54. The molecule has 0 spiro atoms. The topological polar surface area (TPSA) is 112 Å². The van der Waals surface area contributed by atoms with E-state index in [-0.39, 0.29) is 13.2 Å². The number of nitrogens with one attached hydrogen (secondary N) is 3. The standard InChI is InChI=1S/C21H23BrN4O4/c1-4-29-18-9-15(10-23)8-16(22)21(18)30-12-20(28)26-25-19(27)11-24-17-6-5-13(2)7-14(17)3/h5-9,24H,4,11-12H2,1-3H3,(H,25,27)(H,26,28). The molecule has 0 radical (unpaired) electrons. The molecule has 0 atom stereocenters. The Hall–Kier alpha value is -3.25. The van der Waals surface area contributed by atoms with Crippen LogP contribution in [-0.2, 0) is 9.59 Å². The molecule has 0 saturated heterocycles. The number of halogens is 1. The van der Waals surface area contributed by atoms with E-state index in [0.717, 1.165) is 16.8 Å². The zero-order valence-corrected chi connectivity index (χ0v) is 18.6. The van der Waals surface area contributed by atoms with Crippen LogP contribution >= 0.6 is 15.9 Å². The summed E-state index contributed by atoms with van der Waals surface area (Å²) in [6.07, 6.45) is 0. The number of carbonyl (C=O) groups excluding carboxylic acids is 2. The molecule has 2 amide bonds. The number of aryl methyl sites for hydroxylation is 2. The van der Waals surface area contributed by atoms with Gasteiger partial charge in [0.25, 0.3) is 11.8 Å². The molecule has 0 heterocycles. The Kier molecular flexibility index (Phi) is 8.50. The minimum atomic E-state index is -0.548. The SMILES string of the molecule is CCOc1cc(C#N)cc(Br)c1OCC(=O)NNC(=O)CNc1ccc(C)cc1C. The number of hydrogen-bond donors (Lipinski definition) is 3. The fraction of sp³-hybridized carbons (Fsp3) is 0.286. The molecule has 0 aliphatic heterocycles. The number of anilines is 1. The molecule has 3 N–H and O–H groups in total. The van der Waals surface area contributed by atoms with E-state index in [9.17, 15) is 9.59 Å². The summed E-state index contributed by atoms with van der Waals surface area (Å²) in [5, 5.41) is 12.1. The van der Waals surface area contributed by atoms with Gasteiger partial charge >= 0.3 is 0 Å². The van der Waals surface area contributed by atoms with E-state index in [1.165, 1.54) is 6.07 Å². The van der Waals surface area contributed by atoms with Gasteiger partial charge in [-0.3, -0.25) is 20.4 Å². The lowest BCUT2D eigenvalue weighted by atomic mass is 10.1. The predicted octanol–water partition coefficient (Wildman–Crippen LogP) is 2.97. The van der Waals surface area contributed by atoms with Crippen molar-refractivity contribution < 1.29 is 19.1 Å². The molecule has 0 aliphatic rings. The number of nitriles is 1. The second-order valence-electron chi connectivity index (χ2n) is 6.39. The number of carbonyl (C=O) groups is 2. The highest BCUT2D eigenvalue weighted by Crippen LogP contribution is 2.36. The summed E-state index contributed by atoms with van der Waals surface area (Å²) >= 11 is 3.31. The van der Waals surface area contributed by atoms with E-state index < -0.39 is 11.8 Å². The zero-order valence-electron chi connectivity index (χ0n) is 17.0. The fourth-order valence-electron chi connectivity index (χ4n) is 2.58. The van der Waals surface area contributed by atoms with Crippen molar-refractivity contribution >= 4 is 33.4 Å². The fourth-order valence-corrected chi connectivity index (χ4v) is 3.14. The van der Waals surface area contributed by atoms with E-state index in [0.29, 0.717) is 28.1 Å². The van der Waals surface area contributed by atoms with Crippen LogP contribution in [0.25, 0.3) is 0 Å². The molecule has 30 heavy (non-hydrogen) atoms. The van der Waals surface area contributed by atoms with E-state index in [1.807, 2.05) is 38.1 Å². The van der Waals surface area contributed by atoms with Crippen molar-refractivity contribution in [2.24, 2.45) is 0 Å². The summed E-state index contributed by atoms with van der Waals surface area (Å²) in [7, 11) is 0. The van der Waals surface area contributed by atoms with Crippen LogP contribution in [0.3, 0.4) is 0 Å². The van der Waals surface area contributed by atoms with Crippen molar-refractivity contribution in [3.8, 4) is 17.6 Å². The van der Waals surface area contributed by atoms with Gasteiger partial charge in [0, 0.05) is 11.8 Å². The van der Waals surface area contributed by atoms with Crippen molar-refractivity contribution in [3.05, 3.63) is 51.5 Å². The monoisotopic (exact) mass is 474 g/mol. The van der Waals surface area contributed by atoms with Crippen molar-refractivity contribution in [2.45, 2.75) is 20.8 Å². The number of benzene rings is 2. The molecule has 0 bridgehead atoms. The van der Waals surface area contributed by atoms with Gasteiger partial charge in [-0.15, -0.1) is 0 Å². The van der Waals surface area contributed by atoms with Gasteiger partial charge in [0.1, 0.15) is 0 Å². The van der Waals surface area contributed by atoms with Crippen LogP contribution in [0.15, 0.2) is 34.8 Å². The molecular weight excluding hydrogens is 452 g/mol. The molecule has 0 aromatic heterocycles. The molecule has 0 fully saturated rings. The summed E-state index contributed by atoms with van der Waals surface area (Å²) in [6.45, 7) is 5.76. The Bertz CT molecular complexity index is 972. The smallest absolute Gasteiger partial charge is 0.276 e. The Morgan fingerprint density at radius 3 is 2.50 bits per heavy atom. The Labute approximate surface area is 183 Å². The molecule has 0 aliphatic carbocycles. The van der Waals surface area contributed by atoms with Crippen LogP contribution in [0.4, 0.5) is 5.69 Å². The molecular formula is C21H23BrN4O4. The minimum Gasteiger partial charge on any atom is -0.490 e. The second kappa shape index (κ2) is 11.1. The Morgan fingerprint density at radius 2 is 1.83 bits per heavy atom. The van der Waals surface area contributed by atoms with Gasteiger partial charge in [-0.2, -0.15) is 5.26 Å². The minimum absolute atomic E-state index is 0.000691. The molecule has 2 rings (SSSR count). The Morgan fingerprint density at radius 1 is 1.10 bits per heavy atom. The summed E-state index contributed by atoms with van der Waals surface area (Å²) in [6, 6.07) is 11.0. The average molecular weight is 475 g/mol. The first-order valence-electron chi connectivity index (χ1n) is 9.22. The van der Waals surface area contributed by atoms with Crippen molar-refractivity contribution in [3.63, 3.8) is 0 Å². The highest BCUT2D eigenvalue weighted by Gasteiger charge is 2.14. The van der Waals surface area contributed by atoms with Crippen LogP contribution in [0, 0.1) is 25.2 Å². The summed E-state index contributed by atoms with van der Waals surface area (Å²) in [5.74, 6) is -0.307. The van der Waals surface area contributed by atoms with Gasteiger partial charge in [0.2, 0.25) is 0 Å². The normalized spacial score (nSPS) is 9.97. The van der Waals surface area contributed by atoms with Crippen molar-refractivity contribution in [2.75, 3.05) is 25.1 Å². The maximum atomic E-state index is 12.0. The van der Waals surface area contributed by atoms with E-state index in [1.54, 1.807) is 13.0 Å². The summed E-state index contributed by atoms with van der Waals surface area (Å²) < 4.78 is 11.5. The number of nitrogens with zero attached hydrogens (tertiary/aromatic N) is 1. The quantitative estimate of drug-likeness (QED) is 0.507. The van der Waals surface area contributed by atoms with Crippen LogP contribution in [0.2, 0.25) is 0 Å². The lowest BCUT2D eigenvalue weighted by Gasteiger charge is -2.14. The lowest BCUT2D eigenvalue weighted by molar-refractivity contribution is -0.129. The van der Waals surface area contributed by atoms with Gasteiger partial charge in [0.15, 0.2) is 18.1 Å². The molecule has 2 aromatic rings. The number of ether oxygens (including phenoxy) is 2. The van der Waals surface area contributed by atoms with Crippen molar-refractivity contribution in [1.29, 1.82) is 5.26 Å².